The monoisotopic (exact) mass is 496 g/mol. The number of rotatable bonds is 10. The van der Waals surface area contributed by atoms with Crippen LogP contribution in [0.25, 0.3) is 0 Å². The minimum atomic E-state index is -0.596. The van der Waals surface area contributed by atoms with Gasteiger partial charge in [-0.1, -0.05) is 20.8 Å². The second kappa shape index (κ2) is 11.5. The number of aliphatic hydroxyl groups is 1. The summed E-state index contributed by atoms with van der Waals surface area (Å²) in [5.74, 6) is 0.846. The molecule has 1 saturated heterocycles. The van der Waals surface area contributed by atoms with Crippen molar-refractivity contribution in [1.29, 1.82) is 0 Å². The largest absolute Gasteiger partial charge is 0.368 e. The second-order valence-corrected chi connectivity index (χ2v) is 25.6. The zero-order valence-corrected chi connectivity index (χ0v) is 23.3. The fourth-order valence-electron chi connectivity index (χ4n) is 4.09. The van der Waals surface area contributed by atoms with E-state index in [9.17, 15) is 5.11 Å². The van der Waals surface area contributed by atoms with E-state index in [1.54, 1.807) is 0 Å². The van der Waals surface area contributed by atoms with Gasteiger partial charge in [-0.15, -0.1) is 26.8 Å². The maximum absolute atomic E-state index is 9.87. The molecule has 1 saturated carbocycles. The lowest BCUT2D eigenvalue weighted by Gasteiger charge is -2.37. The first-order chi connectivity index (χ1) is 12.2. The predicted molar refractivity (Wildman–Crippen MR) is 131 cm³/mol. The van der Waals surface area contributed by atoms with Gasteiger partial charge in [0.1, 0.15) is 0 Å². The van der Waals surface area contributed by atoms with Crippen molar-refractivity contribution in [1.82, 2.24) is 0 Å². The van der Waals surface area contributed by atoms with Crippen LogP contribution in [0, 0.1) is 17.3 Å². The molecule has 1 aliphatic carbocycles. The number of hydrogen-bond acceptors (Lipinski definition) is 4. The molecule has 154 valence electrons. The lowest BCUT2D eigenvalue weighted by Crippen LogP contribution is -2.32. The smallest absolute Gasteiger partial charge is 0.155 e. The van der Waals surface area contributed by atoms with Crippen LogP contribution in [0.3, 0.4) is 0 Å². The van der Waals surface area contributed by atoms with Crippen LogP contribution in [-0.2, 0) is 13.8 Å². The quantitative estimate of drug-likeness (QED) is 0.363. The van der Waals surface area contributed by atoms with E-state index < -0.39 is 13.8 Å². The number of ether oxygens (including phenoxy) is 1. The zero-order chi connectivity index (χ0) is 19.5. The first-order valence-electron chi connectivity index (χ1n) is 9.15. The molecule has 2 rings (SSSR count). The molecule has 1 N–H and O–H groups in total. The van der Waals surface area contributed by atoms with E-state index >= 15 is 0 Å². The minimum absolute atomic E-state index is 0.150. The van der Waals surface area contributed by atoms with Gasteiger partial charge in [0.05, 0.1) is 25.8 Å². The van der Waals surface area contributed by atoms with E-state index in [1.165, 1.54) is 0 Å². The maximum Gasteiger partial charge on any atom is 0.155 e. The van der Waals surface area contributed by atoms with E-state index in [2.05, 4.69) is 57.0 Å². The number of aliphatic hydroxyl groups excluding tert-OH is 1. The van der Waals surface area contributed by atoms with Crippen molar-refractivity contribution in [3.8, 4) is 0 Å². The topological polar surface area (TPSA) is 47.9 Å². The summed E-state index contributed by atoms with van der Waals surface area (Å²) < 4.78 is 18.1. The highest BCUT2D eigenvalue weighted by Gasteiger charge is 2.49. The van der Waals surface area contributed by atoms with Gasteiger partial charge >= 0.3 is 0 Å². The Kier molecular flexibility index (Phi) is 11.1. The molecule has 0 spiro atoms. The Hall–Kier alpha value is 2.85. The molecule has 0 aromatic rings. The van der Waals surface area contributed by atoms with Gasteiger partial charge in [-0.05, 0) is 51.5 Å². The average Bonchev–Trinajstić information content (AvgIpc) is 3.10. The zero-order valence-electron chi connectivity index (χ0n) is 15.9. The highest BCUT2D eigenvalue weighted by Crippen LogP contribution is 2.89. The van der Waals surface area contributed by atoms with Crippen LogP contribution in [0.15, 0.2) is 0 Å². The fraction of sp³-hybridized carbons (Fsp3) is 1.00. The van der Waals surface area contributed by atoms with E-state index in [0.717, 1.165) is 40.1 Å². The van der Waals surface area contributed by atoms with Gasteiger partial charge in [0.15, 0.2) is 6.29 Å². The first kappa shape index (κ1) is 25.1. The summed E-state index contributed by atoms with van der Waals surface area (Å²) in [6.45, 7) is 6.70. The van der Waals surface area contributed by atoms with Gasteiger partial charge < -0.3 is 18.9 Å². The molecule has 1 aliphatic heterocycles. The summed E-state index contributed by atoms with van der Waals surface area (Å²) in [5.41, 5.74) is 0.159. The van der Waals surface area contributed by atoms with Crippen molar-refractivity contribution in [2.24, 2.45) is 17.3 Å². The summed E-state index contributed by atoms with van der Waals surface area (Å²) in [7, 11) is 11.6. The molecular formula is C15H35O4P7. The van der Waals surface area contributed by atoms with Crippen LogP contribution in [0.1, 0.15) is 52.9 Å². The van der Waals surface area contributed by atoms with Crippen LogP contribution in [-0.4, -0.2) is 29.7 Å². The molecule has 11 unspecified atom stereocenters. The SMILES string of the molecule is CCC(C)(C)C(CC[C@H]1C(OP)CC2OC(O)CC21)OP(PP)P(P)P. The molecule has 0 bridgehead atoms. The molecule has 26 heavy (non-hydrogen) atoms. The molecule has 1 heterocycles. The Morgan fingerprint density at radius 1 is 1.35 bits per heavy atom. The summed E-state index contributed by atoms with van der Waals surface area (Å²) in [6, 6.07) is 0. The highest BCUT2D eigenvalue weighted by molar-refractivity contribution is 8.86. The third kappa shape index (κ3) is 6.42. The maximum atomic E-state index is 9.87. The van der Waals surface area contributed by atoms with E-state index in [-0.39, 0.29) is 30.7 Å². The average molecular weight is 496 g/mol. The van der Waals surface area contributed by atoms with Gasteiger partial charge in [0.2, 0.25) is 0 Å². The summed E-state index contributed by atoms with van der Waals surface area (Å²) in [4.78, 5) is 0. The minimum Gasteiger partial charge on any atom is -0.368 e. The molecule has 2 aliphatic rings. The van der Waals surface area contributed by atoms with Crippen molar-refractivity contribution < 1.29 is 18.9 Å². The molecule has 0 aromatic heterocycles. The molecule has 0 aromatic carbocycles. The number of hydrogen-bond donors (Lipinski definition) is 1. The van der Waals surface area contributed by atoms with Crippen molar-refractivity contribution in [3.05, 3.63) is 0 Å². The van der Waals surface area contributed by atoms with Gasteiger partial charge in [-0.2, -0.15) is 0 Å². The second-order valence-electron chi connectivity index (χ2n) is 7.90. The van der Waals surface area contributed by atoms with Gasteiger partial charge in [-0.3, -0.25) is 0 Å². The third-order valence-electron chi connectivity index (χ3n) is 6.04. The third-order valence-corrected chi connectivity index (χ3v) is 25.1. The lowest BCUT2D eigenvalue weighted by molar-refractivity contribution is -0.0939. The molecule has 12 atom stereocenters. The van der Waals surface area contributed by atoms with Crippen molar-refractivity contribution in [2.45, 2.75) is 77.5 Å². The molecule has 11 heteroatoms. The Balaban J connectivity index is 2.05. The predicted octanol–water partition coefficient (Wildman–Crippen LogP) is 6.26. The van der Waals surface area contributed by atoms with Gasteiger partial charge in [0, 0.05) is 22.3 Å². The molecule has 0 radical (unpaired) electrons. The fourth-order valence-corrected chi connectivity index (χ4v) is 24.1. The Bertz CT molecular complexity index is 442. The van der Waals surface area contributed by atoms with E-state index in [0.29, 0.717) is 11.8 Å². The van der Waals surface area contributed by atoms with E-state index in [4.69, 9.17) is 13.8 Å². The molecule has 4 nitrogen and oxygen atoms in total. The van der Waals surface area contributed by atoms with E-state index in [1.807, 2.05) is 0 Å². The summed E-state index contributed by atoms with van der Waals surface area (Å²) >= 11 is 0. The van der Waals surface area contributed by atoms with Gasteiger partial charge in [-0.25, -0.2) is 0 Å². The van der Waals surface area contributed by atoms with Crippen molar-refractivity contribution in [3.63, 3.8) is 0 Å². The Morgan fingerprint density at radius 2 is 2.04 bits per heavy atom. The lowest BCUT2D eigenvalue weighted by atomic mass is 9.79. The molecule has 2 fully saturated rings. The summed E-state index contributed by atoms with van der Waals surface area (Å²) in [6.07, 6.45) is 4.87. The normalized spacial score (nSPS) is 34.7. The summed E-state index contributed by atoms with van der Waals surface area (Å²) in [5, 5.41) is 9.87. The Morgan fingerprint density at radius 3 is 2.58 bits per heavy atom. The van der Waals surface area contributed by atoms with Crippen LogP contribution < -0.4 is 0 Å². The number of fused-ring (bicyclic) bond motifs is 1. The first-order valence-corrected chi connectivity index (χ1v) is 19.8. The Labute approximate surface area is 172 Å². The molecular weight excluding hydrogens is 461 g/mol. The molecule has 0 amide bonds. The van der Waals surface area contributed by atoms with Gasteiger partial charge in [0.25, 0.3) is 0 Å². The van der Waals surface area contributed by atoms with Crippen molar-refractivity contribution in [2.75, 3.05) is 0 Å². The van der Waals surface area contributed by atoms with Crippen LogP contribution in [0.4, 0.5) is 0 Å². The van der Waals surface area contributed by atoms with Crippen LogP contribution in [0.5, 0.6) is 0 Å². The standard InChI is InChI=1S/C15H35O4P7/c1-4-15(2,3)13(19-25(24-21)26(22)23)6-5-9-10-7-14(16)17-11(10)8-12(9)18-20/h9-14,16,24H,4-8,20-23H2,1-3H3/t9-,10?,11?,12?,13?,14?,25?/m1/s1. The van der Waals surface area contributed by atoms with Crippen LogP contribution in [0.2, 0.25) is 0 Å². The van der Waals surface area contributed by atoms with Crippen molar-refractivity contribution >= 4 is 58.7 Å². The highest BCUT2D eigenvalue weighted by atomic mass is 32.9. The van der Waals surface area contributed by atoms with Crippen LogP contribution >= 0.6 is 58.7 Å².